The predicted molar refractivity (Wildman–Crippen MR) is 163 cm³/mol. The highest BCUT2D eigenvalue weighted by atomic mass is 16.2. The lowest BCUT2D eigenvalue weighted by Crippen LogP contribution is -2.41. The Morgan fingerprint density at radius 1 is 1.15 bits per heavy atom. The number of nitrogens with zero attached hydrogens (tertiary/aromatic N) is 2. The number of rotatable bonds is 8. The molecule has 1 aromatic heterocycles. The minimum atomic E-state index is -0.238. The fraction of sp³-hybridized carbons (Fsp3) is 0.364. The van der Waals surface area contributed by atoms with Gasteiger partial charge in [0.15, 0.2) is 0 Å². The molecule has 0 bridgehead atoms. The van der Waals surface area contributed by atoms with Crippen LogP contribution < -0.4 is 10.6 Å². The van der Waals surface area contributed by atoms with E-state index in [2.05, 4.69) is 20.5 Å². The van der Waals surface area contributed by atoms with Crippen molar-refractivity contribution in [3.63, 3.8) is 0 Å². The van der Waals surface area contributed by atoms with Crippen molar-refractivity contribution < 1.29 is 14.4 Å². The summed E-state index contributed by atoms with van der Waals surface area (Å²) in [6, 6.07) is 15.2. The molecule has 2 aliphatic heterocycles. The summed E-state index contributed by atoms with van der Waals surface area (Å²) in [5.41, 5.74) is 6.31. The molecule has 8 nitrogen and oxygen atoms in total. The number of carbonyl (C=O) groups excluding carboxylic acids is 3. The van der Waals surface area contributed by atoms with E-state index < -0.39 is 0 Å². The molecule has 41 heavy (non-hydrogen) atoms. The van der Waals surface area contributed by atoms with E-state index in [9.17, 15) is 14.4 Å². The number of H-pyrrole nitrogens is 1. The molecular formula is C33H39N5O3. The number of hydrogen-bond acceptors (Lipinski definition) is 4. The van der Waals surface area contributed by atoms with E-state index in [4.69, 9.17) is 0 Å². The Hall–Kier alpha value is -4.17. The minimum Gasteiger partial charge on any atom is -0.358 e. The fourth-order valence-electron chi connectivity index (χ4n) is 6.06. The number of aromatic nitrogens is 1. The van der Waals surface area contributed by atoms with Gasteiger partial charge < -0.3 is 25.4 Å². The van der Waals surface area contributed by atoms with Crippen molar-refractivity contribution in [1.29, 1.82) is 0 Å². The quantitative estimate of drug-likeness (QED) is 0.335. The van der Waals surface area contributed by atoms with Crippen molar-refractivity contribution in [3.05, 3.63) is 87.7 Å². The summed E-state index contributed by atoms with van der Waals surface area (Å²) in [5, 5.41) is 6.04. The van der Waals surface area contributed by atoms with Gasteiger partial charge in [-0.25, -0.2) is 0 Å². The molecule has 5 rings (SSSR count). The van der Waals surface area contributed by atoms with Crippen molar-refractivity contribution in [1.82, 2.24) is 20.1 Å². The summed E-state index contributed by atoms with van der Waals surface area (Å²) >= 11 is 0. The number of likely N-dealkylation sites (N-methyl/N-ethyl adjacent to an activating group) is 1. The molecule has 3 heterocycles. The summed E-state index contributed by atoms with van der Waals surface area (Å²) in [6.45, 7) is 7.45. The lowest BCUT2D eigenvalue weighted by atomic mass is 10.0. The first kappa shape index (κ1) is 28.4. The number of amides is 3. The van der Waals surface area contributed by atoms with Crippen LogP contribution in [0.4, 0.5) is 5.69 Å². The molecule has 2 atom stereocenters. The van der Waals surface area contributed by atoms with Gasteiger partial charge in [0, 0.05) is 47.3 Å². The minimum absolute atomic E-state index is 0.0318. The Labute approximate surface area is 241 Å². The Balaban J connectivity index is 1.42. The first-order chi connectivity index (χ1) is 19.7. The van der Waals surface area contributed by atoms with E-state index in [-0.39, 0.29) is 29.8 Å². The first-order valence-corrected chi connectivity index (χ1v) is 14.4. The highest BCUT2D eigenvalue weighted by Gasteiger charge is 2.33. The third-order valence-electron chi connectivity index (χ3n) is 8.17. The molecule has 214 valence electrons. The van der Waals surface area contributed by atoms with E-state index in [1.807, 2.05) is 70.1 Å². The molecule has 3 aromatic rings. The highest BCUT2D eigenvalue weighted by molar-refractivity contribution is 6.35. The molecule has 0 radical (unpaired) electrons. The third-order valence-corrected chi connectivity index (χ3v) is 8.17. The van der Waals surface area contributed by atoms with Crippen LogP contribution in [0.15, 0.2) is 48.5 Å². The second kappa shape index (κ2) is 11.7. The monoisotopic (exact) mass is 553 g/mol. The Morgan fingerprint density at radius 3 is 2.61 bits per heavy atom. The SMILES string of the molecule is CC[C@@H](NC(=O)c1ccc2c(c1)/C(=C/c1[nH]c(C)c(C(=O)N3CCC[C@H]3CN(C)C)c1C)C(=O)N2)c1ccccc1. The summed E-state index contributed by atoms with van der Waals surface area (Å²) in [5.74, 6) is -0.400. The molecule has 2 aliphatic rings. The standard InChI is InChI=1S/C33H39N5O3/c1-6-27(22-11-8-7-9-12-22)35-31(39)23-14-15-28-25(17-23)26(32(40)36-28)18-29-20(2)30(21(3)34-29)33(41)38-16-10-13-24(38)19-37(4)5/h7-9,11-12,14-15,17-18,24,27,34H,6,10,13,16,19H2,1-5H3,(H,35,39)(H,36,40)/b26-18-/t24-,27+/m0/s1. The second-order valence-corrected chi connectivity index (χ2v) is 11.3. The lowest BCUT2D eigenvalue weighted by molar-refractivity contribution is -0.110. The van der Waals surface area contributed by atoms with E-state index in [1.165, 1.54) is 0 Å². The van der Waals surface area contributed by atoms with Crippen molar-refractivity contribution in [2.24, 2.45) is 0 Å². The van der Waals surface area contributed by atoms with Gasteiger partial charge in [-0.1, -0.05) is 37.3 Å². The molecule has 0 saturated carbocycles. The van der Waals surface area contributed by atoms with Crippen LogP contribution in [0.5, 0.6) is 0 Å². The van der Waals surface area contributed by atoms with E-state index in [0.717, 1.165) is 54.9 Å². The number of aryl methyl sites for hydroxylation is 1. The lowest BCUT2D eigenvalue weighted by Gasteiger charge is -2.27. The van der Waals surface area contributed by atoms with Crippen molar-refractivity contribution in [2.75, 3.05) is 32.5 Å². The Bertz CT molecular complexity index is 1500. The predicted octanol–water partition coefficient (Wildman–Crippen LogP) is 5.17. The number of hydrogen-bond donors (Lipinski definition) is 3. The maximum absolute atomic E-state index is 13.7. The number of likely N-dealkylation sites (tertiary alicyclic amines) is 1. The first-order valence-electron chi connectivity index (χ1n) is 14.4. The van der Waals surface area contributed by atoms with Crippen LogP contribution in [0.3, 0.4) is 0 Å². The maximum Gasteiger partial charge on any atom is 0.256 e. The average Bonchev–Trinajstić information content (AvgIpc) is 3.62. The molecule has 1 fully saturated rings. The van der Waals surface area contributed by atoms with Crippen LogP contribution in [0.2, 0.25) is 0 Å². The van der Waals surface area contributed by atoms with Gasteiger partial charge in [-0.15, -0.1) is 0 Å². The average molecular weight is 554 g/mol. The van der Waals surface area contributed by atoms with E-state index >= 15 is 0 Å². The molecule has 8 heteroatoms. The summed E-state index contributed by atoms with van der Waals surface area (Å²) in [4.78, 5) is 47.4. The highest BCUT2D eigenvalue weighted by Crippen LogP contribution is 2.35. The zero-order chi connectivity index (χ0) is 29.3. The van der Waals surface area contributed by atoms with Crippen LogP contribution >= 0.6 is 0 Å². The third kappa shape index (κ3) is 5.70. The largest absolute Gasteiger partial charge is 0.358 e. The maximum atomic E-state index is 13.7. The van der Waals surface area contributed by atoms with E-state index in [1.54, 1.807) is 24.3 Å². The fourth-order valence-corrected chi connectivity index (χ4v) is 6.06. The van der Waals surface area contributed by atoms with Gasteiger partial charge >= 0.3 is 0 Å². The smallest absolute Gasteiger partial charge is 0.256 e. The number of nitrogens with one attached hydrogen (secondary N) is 3. The number of carbonyl (C=O) groups is 3. The van der Waals surface area contributed by atoms with Gasteiger partial charge in [0.05, 0.1) is 17.2 Å². The molecule has 0 aliphatic carbocycles. The summed E-state index contributed by atoms with van der Waals surface area (Å²) in [6.07, 6.45) is 4.55. The van der Waals surface area contributed by atoms with Gasteiger partial charge in [-0.2, -0.15) is 0 Å². The summed E-state index contributed by atoms with van der Waals surface area (Å²) in [7, 11) is 4.06. The number of benzene rings is 2. The van der Waals surface area contributed by atoms with Crippen molar-refractivity contribution in [3.8, 4) is 0 Å². The van der Waals surface area contributed by atoms with Crippen LogP contribution in [-0.4, -0.2) is 65.7 Å². The topological polar surface area (TPSA) is 97.5 Å². The van der Waals surface area contributed by atoms with Crippen molar-refractivity contribution >= 4 is 35.1 Å². The van der Waals surface area contributed by atoms with Crippen LogP contribution in [0, 0.1) is 13.8 Å². The molecule has 0 unspecified atom stereocenters. The number of fused-ring (bicyclic) bond motifs is 1. The number of anilines is 1. The van der Waals surface area contributed by atoms with Crippen LogP contribution in [0.1, 0.15) is 81.0 Å². The van der Waals surface area contributed by atoms with Crippen molar-refractivity contribution in [2.45, 2.75) is 52.1 Å². The molecule has 0 spiro atoms. The normalized spacial score (nSPS) is 18.1. The zero-order valence-electron chi connectivity index (χ0n) is 24.5. The second-order valence-electron chi connectivity index (χ2n) is 11.3. The van der Waals surface area contributed by atoms with Gasteiger partial charge in [0.1, 0.15) is 0 Å². The Kier molecular flexibility index (Phi) is 8.13. The van der Waals surface area contributed by atoms with E-state index in [0.29, 0.717) is 28.0 Å². The molecular weight excluding hydrogens is 514 g/mol. The number of aromatic amines is 1. The molecule has 3 amide bonds. The summed E-state index contributed by atoms with van der Waals surface area (Å²) < 4.78 is 0. The van der Waals surface area contributed by atoms with Gasteiger partial charge in [0.25, 0.3) is 17.7 Å². The van der Waals surface area contributed by atoms with Crippen LogP contribution in [-0.2, 0) is 4.79 Å². The van der Waals surface area contributed by atoms with Gasteiger partial charge in [-0.05, 0) is 82.6 Å². The Morgan fingerprint density at radius 2 is 1.90 bits per heavy atom. The van der Waals surface area contributed by atoms with Crippen LogP contribution in [0.25, 0.3) is 11.6 Å². The molecule has 2 aromatic carbocycles. The molecule has 3 N–H and O–H groups in total. The zero-order valence-corrected chi connectivity index (χ0v) is 24.5. The molecule has 1 saturated heterocycles. The van der Waals surface area contributed by atoms with Gasteiger partial charge in [0.2, 0.25) is 0 Å². The van der Waals surface area contributed by atoms with Gasteiger partial charge in [-0.3, -0.25) is 14.4 Å².